The summed E-state index contributed by atoms with van der Waals surface area (Å²) in [5.41, 5.74) is 4.76. The van der Waals surface area contributed by atoms with Gasteiger partial charge in [0.25, 0.3) is 5.91 Å². The van der Waals surface area contributed by atoms with Crippen LogP contribution in [0.2, 0.25) is 0 Å². The van der Waals surface area contributed by atoms with Gasteiger partial charge in [-0.1, -0.05) is 12.1 Å². The van der Waals surface area contributed by atoms with Crippen molar-refractivity contribution >= 4 is 34.2 Å². The van der Waals surface area contributed by atoms with Crippen LogP contribution in [0.25, 0.3) is 0 Å². The van der Waals surface area contributed by atoms with Gasteiger partial charge in [-0.3, -0.25) is 4.79 Å². The third-order valence-electron chi connectivity index (χ3n) is 2.69. The second kappa shape index (κ2) is 6.01. The lowest BCUT2D eigenvalue weighted by Crippen LogP contribution is -2.19. The van der Waals surface area contributed by atoms with E-state index < -0.39 is 0 Å². The summed E-state index contributed by atoms with van der Waals surface area (Å²) in [7, 11) is 0. The minimum absolute atomic E-state index is 0.267. The first kappa shape index (κ1) is 13.8. The van der Waals surface area contributed by atoms with Gasteiger partial charge in [0.05, 0.1) is 17.5 Å². The van der Waals surface area contributed by atoms with Crippen LogP contribution >= 0.6 is 22.6 Å². The van der Waals surface area contributed by atoms with Crippen LogP contribution in [0.1, 0.15) is 28.6 Å². The van der Waals surface area contributed by atoms with Crippen LogP contribution in [0.5, 0.6) is 0 Å². The average molecular weight is 368 g/mol. The number of benzene rings is 1. The Morgan fingerprint density at radius 1 is 1.26 bits per heavy atom. The monoisotopic (exact) mass is 368 g/mol. The first-order valence-corrected chi connectivity index (χ1v) is 6.80. The molecule has 0 aliphatic rings. The highest BCUT2D eigenvalue weighted by Crippen LogP contribution is 2.09. The van der Waals surface area contributed by atoms with E-state index in [2.05, 4.69) is 33.1 Å². The summed E-state index contributed by atoms with van der Waals surface area (Å²) in [5, 5.41) is 4.09. The van der Waals surface area contributed by atoms with Crippen LogP contribution in [0.4, 0.5) is 0 Å². The number of furan rings is 1. The first-order chi connectivity index (χ1) is 9.08. The number of nitrogens with zero attached hydrogens (tertiary/aromatic N) is 1. The molecule has 2 aromatic rings. The van der Waals surface area contributed by atoms with Crippen LogP contribution in [0.15, 0.2) is 46.1 Å². The van der Waals surface area contributed by atoms with Gasteiger partial charge in [-0.05, 0) is 60.2 Å². The molecule has 0 atom stereocenters. The lowest BCUT2D eigenvalue weighted by Gasteiger charge is -2.02. The maximum atomic E-state index is 11.8. The van der Waals surface area contributed by atoms with Crippen molar-refractivity contribution in [3.63, 3.8) is 0 Å². The van der Waals surface area contributed by atoms with Gasteiger partial charge in [-0.15, -0.1) is 0 Å². The van der Waals surface area contributed by atoms with E-state index in [0.717, 1.165) is 14.8 Å². The summed E-state index contributed by atoms with van der Waals surface area (Å²) in [4.78, 5) is 11.8. The van der Waals surface area contributed by atoms with Gasteiger partial charge in [-0.25, -0.2) is 5.43 Å². The first-order valence-electron chi connectivity index (χ1n) is 5.72. The molecule has 19 heavy (non-hydrogen) atoms. The standard InChI is InChI=1S/C14H13IN2O2/c1-9(11-3-5-12(15)6-4-11)16-17-14(18)13-7-8-19-10(13)2/h3-8H,1-2H3,(H,17,18)/b16-9-. The minimum atomic E-state index is -0.267. The molecule has 98 valence electrons. The third-order valence-corrected chi connectivity index (χ3v) is 3.41. The van der Waals surface area contributed by atoms with E-state index in [4.69, 9.17) is 4.42 Å². The normalized spacial score (nSPS) is 11.4. The lowest BCUT2D eigenvalue weighted by molar-refractivity contribution is 0.0953. The fourth-order valence-corrected chi connectivity index (χ4v) is 1.93. The summed E-state index contributed by atoms with van der Waals surface area (Å²) in [6.07, 6.45) is 1.49. The van der Waals surface area contributed by atoms with E-state index in [0.29, 0.717) is 11.3 Å². The van der Waals surface area contributed by atoms with Crippen molar-refractivity contribution in [1.82, 2.24) is 5.43 Å². The zero-order valence-electron chi connectivity index (χ0n) is 10.6. The van der Waals surface area contributed by atoms with Gasteiger partial charge in [0.15, 0.2) is 0 Å². The average Bonchev–Trinajstić information content (AvgIpc) is 2.83. The molecule has 1 N–H and O–H groups in total. The van der Waals surface area contributed by atoms with Gasteiger partial charge >= 0.3 is 0 Å². The van der Waals surface area contributed by atoms with Crippen molar-refractivity contribution in [3.8, 4) is 0 Å². The zero-order chi connectivity index (χ0) is 13.8. The van der Waals surface area contributed by atoms with Gasteiger partial charge in [-0.2, -0.15) is 5.10 Å². The highest BCUT2D eigenvalue weighted by atomic mass is 127. The number of aryl methyl sites for hydroxylation is 1. The molecule has 0 radical (unpaired) electrons. The van der Waals surface area contributed by atoms with Crippen LogP contribution in [0, 0.1) is 10.5 Å². The second-order valence-corrected chi connectivity index (χ2v) is 5.28. The smallest absolute Gasteiger partial charge is 0.274 e. The summed E-state index contributed by atoms with van der Waals surface area (Å²) in [5.74, 6) is 0.315. The molecule has 0 spiro atoms. The fraction of sp³-hybridized carbons (Fsp3) is 0.143. The number of carbonyl (C=O) groups is 1. The van der Waals surface area contributed by atoms with E-state index >= 15 is 0 Å². The molecule has 0 unspecified atom stereocenters. The van der Waals surface area contributed by atoms with Crippen molar-refractivity contribution < 1.29 is 9.21 Å². The number of hydrogen-bond donors (Lipinski definition) is 1. The summed E-state index contributed by atoms with van der Waals surface area (Å²) in [6, 6.07) is 9.56. The Kier molecular flexibility index (Phi) is 4.36. The topological polar surface area (TPSA) is 54.6 Å². The molecule has 0 aliphatic carbocycles. The summed E-state index contributed by atoms with van der Waals surface area (Å²) < 4.78 is 6.24. The van der Waals surface area contributed by atoms with Crippen molar-refractivity contribution in [2.75, 3.05) is 0 Å². The van der Waals surface area contributed by atoms with Gasteiger partial charge < -0.3 is 4.42 Å². The largest absolute Gasteiger partial charge is 0.469 e. The summed E-state index contributed by atoms with van der Waals surface area (Å²) >= 11 is 2.24. The van der Waals surface area contributed by atoms with E-state index in [1.165, 1.54) is 6.26 Å². The lowest BCUT2D eigenvalue weighted by atomic mass is 10.1. The van der Waals surface area contributed by atoms with E-state index in [-0.39, 0.29) is 5.91 Å². The number of rotatable bonds is 3. The molecule has 0 saturated carbocycles. The summed E-state index contributed by atoms with van der Waals surface area (Å²) in [6.45, 7) is 3.59. The predicted molar refractivity (Wildman–Crippen MR) is 82.3 cm³/mol. The van der Waals surface area contributed by atoms with Crippen molar-refractivity contribution in [2.24, 2.45) is 5.10 Å². The Morgan fingerprint density at radius 3 is 2.53 bits per heavy atom. The highest BCUT2D eigenvalue weighted by Gasteiger charge is 2.10. The van der Waals surface area contributed by atoms with Gasteiger partial charge in [0.2, 0.25) is 0 Å². The molecular weight excluding hydrogens is 355 g/mol. The van der Waals surface area contributed by atoms with Crippen molar-refractivity contribution in [2.45, 2.75) is 13.8 Å². The Bertz CT molecular complexity index is 615. The Morgan fingerprint density at radius 2 is 1.95 bits per heavy atom. The molecule has 1 amide bonds. The number of hydrogen-bond acceptors (Lipinski definition) is 3. The second-order valence-electron chi connectivity index (χ2n) is 4.04. The van der Waals surface area contributed by atoms with E-state index in [9.17, 15) is 4.79 Å². The Balaban J connectivity index is 2.08. The number of amides is 1. The molecule has 1 aromatic heterocycles. The molecule has 0 aliphatic heterocycles. The minimum Gasteiger partial charge on any atom is -0.469 e. The van der Waals surface area contributed by atoms with Crippen LogP contribution < -0.4 is 5.43 Å². The maximum Gasteiger partial charge on any atom is 0.274 e. The third kappa shape index (κ3) is 3.44. The van der Waals surface area contributed by atoms with Gasteiger partial charge in [0.1, 0.15) is 5.76 Å². The number of hydrazone groups is 1. The number of carbonyl (C=O) groups excluding carboxylic acids is 1. The maximum absolute atomic E-state index is 11.8. The zero-order valence-corrected chi connectivity index (χ0v) is 12.8. The molecule has 1 heterocycles. The van der Waals surface area contributed by atoms with Crippen LogP contribution in [0.3, 0.4) is 0 Å². The molecule has 4 nitrogen and oxygen atoms in total. The highest BCUT2D eigenvalue weighted by molar-refractivity contribution is 14.1. The quantitative estimate of drug-likeness (QED) is 0.513. The van der Waals surface area contributed by atoms with Crippen molar-refractivity contribution in [3.05, 3.63) is 57.1 Å². The van der Waals surface area contributed by atoms with Crippen LogP contribution in [-0.2, 0) is 0 Å². The molecule has 0 fully saturated rings. The Hall–Kier alpha value is -1.63. The molecule has 0 bridgehead atoms. The molecule has 2 rings (SSSR count). The van der Waals surface area contributed by atoms with Gasteiger partial charge in [0, 0.05) is 3.57 Å². The number of halogens is 1. The van der Waals surface area contributed by atoms with Crippen molar-refractivity contribution in [1.29, 1.82) is 0 Å². The molecular formula is C14H13IN2O2. The fourth-order valence-electron chi connectivity index (χ4n) is 1.57. The van der Waals surface area contributed by atoms with E-state index in [1.807, 2.05) is 31.2 Å². The molecule has 5 heteroatoms. The van der Waals surface area contributed by atoms with E-state index in [1.54, 1.807) is 13.0 Å². The number of nitrogens with one attached hydrogen (secondary N) is 1. The molecule has 1 aromatic carbocycles. The molecule has 0 saturated heterocycles. The van der Waals surface area contributed by atoms with Crippen LogP contribution in [-0.4, -0.2) is 11.6 Å². The predicted octanol–water partition coefficient (Wildman–Crippen LogP) is 3.35. The Labute approximate surface area is 125 Å². The SMILES string of the molecule is C/C(=N/NC(=O)c1ccoc1C)c1ccc(I)cc1.